The molecule has 1 N–H and O–H groups in total. The van der Waals surface area contributed by atoms with E-state index in [0.29, 0.717) is 13.1 Å². The molecule has 0 saturated heterocycles. The number of hydrogen-bond donors (Lipinski definition) is 1. The maximum absolute atomic E-state index is 11.6. The van der Waals surface area contributed by atoms with E-state index in [-0.39, 0.29) is 18.1 Å². The predicted octanol–water partition coefficient (Wildman–Crippen LogP) is 0.567. The van der Waals surface area contributed by atoms with E-state index in [0.717, 1.165) is 4.47 Å². The Balaban J connectivity index is 1.74. The van der Waals surface area contributed by atoms with Crippen molar-refractivity contribution in [3.05, 3.63) is 39.4 Å². The largest absolute Gasteiger partial charge is 0.353 e. The van der Waals surface area contributed by atoms with Crippen LogP contribution in [-0.2, 0) is 17.9 Å². The minimum absolute atomic E-state index is 0.0716. The Morgan fingerprint density at radius 1 is 1.35 bits per heavy atom. The zero-order chi connectivity index (χ0) is 14.5. The second-order valence-corrected chi connectivity index (χ2v) is 4.84. The van der Waals surface area contributed by atoms with Gasteiger partial charge >= 0.3 is 5.69 Å². The van der Waals surface area contributed by atoms with Crippen molar-refractivity contribution < 1.29 is 9.72 Å². The van der Waals surface area contributed by atoms with Gasteiger partial charge < -0.3 is 5.32 Å². The molecule has 10 heteroatoms. The van der Waals surface area contributed by atoms with Crippen LogP contribution in [0.3, 0.4) is 0 Å². The highest BCUT2D eigenvalue weighted by Crippen LogP contribution is 2.07. The second-order valence-electron chi connectivity index (χ2n) is 3.92. The third-order valence-corrected chi connectivity index (χ3v) is 2.81. The molecule has 1 amide bonds. The fraction of sp³-hybridized carbons (Fsp3) is 0.300. The third kappa shape index (κ3) is 3.88. The minimum Gasteiger partial charge on any atom is -0.353 e. The number of nitrogens with one attached hydrogen (secondary N) is 1. The van der Waals surface area contributed by atoms with Crippen LogP contribution in [0.1, 0.15) is 0 Å². The van der Waals surface area contributed by atoms with Gasteiger partial charge in [0.05, 0.1) is 22.1 Å². The summed E-state index contributed by atoms with van der Waals surface area (Å²) in [7, 11) is 0. The zero-order valence-electron chi connectivity index (χ0n) is 10.3. The summed E-state index contributed by atoms with van der Waals surface area (Å²) in [6.07, 6.45) is 5.77. The van der Waals surface area contributed by atoms with Gasteiger partial charge in [0.2, 0.25) is 5.91 Å². The van der Waals surface area contributed by atoms with Gasteiger partial charge in [0, 0.05) is 12.7 Å². The number of aromatic nitrogens is 4. The number of rotatable bonds is 6. The van der Waals surface area contributed by atoms with E-state index in [9.17, 15) is 14.9 Å². The van der Waals surface area contributed by atoms with Crippen LogP contribution in [0.4, 0.5) is 5.69 Å². The van der Waals surface area contributed by atoms with Crippen molar-refractivity contribution in [2.24, 2.45) is 0 Å². The molecule has 0 radical (unpaired) electrons. The van der Waals surface area contributed by atoms with Crippen molar-refractivity contribution in [3.63, 3.8) is 0 Å². The van der Waals surface area contributed by atoms with Gasteiger partial charge in [0.25, 0.3) is 0 Å². The molecule has 0 aromatic carbocycles. The predicted molar refractivity (Wildman–Crippen MR) is 71.8 cm³/mol. The number of halogens is 1. The van der Waals surface area contributed by atoms with Crippen molar-refractivity contribution in [3.8, 4) is 0 Å². The molecule has 0 aliphatic rings. The smallest absolute Gasteiger partial charge is 0.306 e. The zero-order valence-corrected chi connectivity index (χ0v) is 11.9. The molecule has 9 nitrogen and oxygen atoms in total. The van der Waals surface area contributed by atoms with Crippen LogP contribution in [0.5, 0.6) is 0 Å². The monoisotopic (exact) mass is 342 g/mol. The summed E-state index contributed by atoms with van der Waals surface area (Å²) in [6, 6.07) is 0. The summed E-state index contributed by atoms with van der Waals surface area (Å²) >= 11 is 3.24. The molecule has 0 aliphatic carbocycles. The van der Waals surface area contributed by atoms with Gasteiger partial charge in [0.15, 0.2) is 0 Å². The van der Waals surface area contributed by atoms with Gasteiger partial charge in [-0.05, 0) is 15.9 Å². The van der Waals surface area contributed by atoms with E-state index < -0.39 is 4.92 Å². The second kappa shape index (κ2) is 6.28. The minimum atomic E-state index is -0.516. The van der Waals surface area contributed by atoms with Crippen molar-refractivity contribution in [2.75, 3.05) is 6.54 Å². The molecule has 20 heavy (non-hydrogen) atoms. The molecule has 0 atom stereocenters. The van der Waals surface area contributed by atoms with Crippen molar-refractivity contribution in [1.29, 1.82) is 0 Å². The number of amides is 1. The molecule has 0 spiro atoms. The van der Waals surface area contributed by atoms with E-state index in [1.54, 1.807) is 12.4 Å². The van der Waals surface area contributed by atoms with Crippen LogP contribution in [0.25, 0.3) is 0 Å². The summed E-state index contributed by atoms with van der Waals surface area (Å²) in [5.41, 5.74) is -0.0716. The first-order chi connectivity index (χ1) is 9.54. The normalized spacial score (nSPS) is 10.4. The Labute approximate surface area is 121 Å². The van der Waals surface area contributed by atoms with Gasteiger partial charge in [-0.25, -0.2) is 0 Å². The molecule has 2 rings (SSSR count). The SMILES string of the molecule is O=C(Cn1cc(Br)cn1)NCCn1cc([N+](=O)[O-])cn1. The first-order valence-corrected chi connectivity index (χ1v) is 6.45. The standard InChI is InChI=1S/C10H11BrN6O3/c11-8-3-13-16(5-8)7-10(18)12-1-2-15-6-9(4-14-15)17(19)20/h3-6H,1-2,7H2,(H,12,18). The van der Waals surface area contributed by atoms with Crippen LogP contribution in [0, 0.1) is 10.1 Å². The van der Waals surface area contributed by atoms with Gasteiger partial charge in [-0.1, -0.05) is 0 Å². The van der Waals surface area contributed by atoms with Crippen molar-refractivity contribution in [2.45, 2.75) is 13.1 Å². The van der Waals surface area contributed by atoms with Crippen LogP contribution < -0.4 is 5.32 Å². The molecular formula is C10H11BrN6O3. The molecule has 2 aromatic rings. The molecule has 0 bridgehead atoms. The summed E-state index contributed by atoms with van der Waals surface area (Å²) < 4.78 is 3.70. The summed E-state index contributed by atoms with van der Waals surface area (Å²) in [5, 5.41) is 20.9. The number of hydrogen-bond acceptors (Lipinski definition) is 5. The lowest BCUT2D eigenvalue weighted by molar-refractivity contribution is -0.385. The molecule has 0 aliphatic heterocycles. The fourth-order valence-electron chi connectivity index (χ4n) is 1.51. The number of nitrogens with zero attached hydrogens (tertiary/aromatic N) is 5. The lowest BCUT2D eigenvalue weighted by atomic mass is 10.5. The Hall–Kier alpha value is -2.23. The number of nitro groups is 1. The quantitative estimate of drug-likeness (QED) is 0.609. The average molecular weight is 343 g/mol. The molecule has 2 aromatic heterocycles. The Kier molecular flexibility index (Phi) is 4.45. The highest BCUT2D eigenvalue weighted by molar-refractivity contribution is 9.10. The lowest BCUT2D eigenvalue weighted by Gasteiger charge is -2.05. The molecular weight excluding hydrogens is 332 g/mol. The topological polar surface area (TPSA) is 108 Å². The molecule has 2 heterocycles. The Morgan fingerprint density at radius 2 is 2.10 bits per heavy atom. The molecule has 0 unspecified atom stereocenters. The van der Waals surface area contributed by atoms with Crippen LogP contribution in [-0.4, -0.2) is 36.9 Å². The third-order valence-electron chi connectivity index (χ3n) is 2.40. The Morgan fingerprint density at radius 3 is 2.70 bits per heavy atom. The lowest BCUT2D eigenvalue weighted by Crippen LogP contribution is -2.30. The highest BCUT2D eigenvalue weighted by Gasteiger charge is 2.09. The summed E-state index contributed by atoms with van der Waals surface area (Å²) in [5.74, 6) is -0.192. The van der Waals surface area contributed by atoms with E-state index in [4.69, 9.17) is 0 Å². The van der Waals surface area contributed by atoms with Gasteiger partial charge in [-0.15, -0.1) is 0 Å². The average Bonchev–Trinajstić information content (AvgIpc) is 2.99. The van der Waals surface area contributed by atoms with Crippen molar-refractivity contribution >= 4 is 27.5 Å². The van der Waals surface area contributed by atoms with Crippen LogP contribution in [0.15, 0.2) is 29.3 Å². The van der Waals surface area contributed by atoms with E-state index in [1.165, 1.54) is 21.8 Å². The maximum Gasteiger partial charge on any atom is 0.306 e. The molecule has 0 fully saturated rings. The highest BCUT2D eigenvalue weighted by atomic mass is 79.9. The molecule has 0 saturated carbocycles. The maximum atomic E-state index is 11.6. The number of carbonyl (C=O) groups excluding carboxylic acids is 1. The Bertz CT molecular complexity index is 622. The van der Waals surface area contributed by atoms with Crippen LogP contribution in [0.2, 0.25) is 0 Å². The first kappa shape index (κ1) is 14.2. The van der Waals surface area contributed by atoms with E-state index in [1.807, 2.05) is 0 Å². The van der Waals surface area contributed by atoms with E-state index in [2.05, 4.69) is 31.4 Å². The van der Waals surface area contributed by atoms with Gasteiger partial charge in [-0.3, -0.25) is 24.3 Å². The molecule has 106 valence electrons. The van der Waals surface area contributed by atoms with E-state index >= 15 is 0 Å². The fourth-order valence-corrected chi connectivity index (χ4v) is 1.83. The summed E-state index contributed by atoms with van der Waals surface area (Å²) in [6.45, 7) is 0.813. The number of carbonyl (C=O) groups is 1. The summed E-state index contributed by atoms with van der Waals surface area (Å²) in [4.78, 5) is 21.6. The van der Waals surface area contributed by atoms with Gasteiger partial charge in [0.1, 0.15) is 18.9 Å². The van der Waals surface area contributed by atoms with Crippen LogP contribution >= 0.6 is 15.9 Å². The van der Waals surface area contributed by atoms with Gasteiger partial charge in [-0.2, -0.15) is 10.2 Å². The van der Waals surface area contributed by atoms with Crippen molar-refractivity contribution in [1.82, 2.24) is 24.9 Å². The first-order valence-electron chi connectivity index (χ1n) is 5.66.